The summed E-state index contributed by atoms with van der Waals surface area (Å²) in [6, 6.07) is 2.07. The van der Waals surface area contributed by atoms with Crippen molar-refractivity contribution in [1.29, 1.82) is 0 Å². The van der Waals surface area contributed by atoms with Crippen LogP contribution in [0.2, 0.25) is 0 Å². The van der Waals surface area contributed by atoms with E-state index in [0.29, 0.717) is 0 Å². The van der Waals surface area contributed by atoms with Crippen molar-refractivity contribution in [1.82, 2.24) is 0 Å². The molecule has 6 atom stereocenters. The van der Waals surface area contributed by atoms with Crippen molar-refractivity contribution >= 4 is 5.76 Å². The minimum absolute atomic E-state index is 0.00528. The smallest absolute Gasteiger partial charge is 0.229 e. The molecule has 33 heavy (non-hydrogen) atoms. The minimum atomic E-state index is -1.76. The molecule has 1 aliphatic carbocycles. The summed E-state index contributed by atoms with van der Waals surface area (Å²) in [7, 11) is 0. The SMILES string of the molecule is OC[C@H]1O[C@@H](OC2=C(c3cc(O)c(O)c(O)c3)OC3=CC(O)=CC(O)C3=C2)[C@H](O)[C@@H](O)[C@@H]1O. The van der Waals surface area contributed by atoms with Gasteiger partial charge in [-0.1, -0.05) is 0 Å². The molecular formula is C21H22O12. The summed E-state index contributed by atoms with van der Waals surface area (Å²) in [5.41, 5.74) is 0.130. The minimum Gasteiger partial charge on any atom is -0.508 e. The average molecular weight is 466 g/mol. The van der Waals surface area contributed by atoms with Crippen LogP contribution in [0.15, 0.2) is 53.2 Å². The van der Waals surface area contributed by atoms with Crippen LogP contribution in [0.25, 0.3) is 5.76 Å². The number of hydrogen-bond donors (Lipinski definition) is 9. The van der Waals surface area contributed by atoms with E-state index in [0.717, 1.165) is 18.2 Å². The predicted octanol–water partition coefficient (Wildman–Crippen LogP) is -1.05. The Labute approximate surface area is 186 Å². The lowest BCUT2D eigenvalue weighted by Gasteiger charge is -2.40. The molecule has 1 unspecified atom stereocenters. The zero-order chi connectivity index (χ0) is 24.0. The number of phenolic OH excluding ortho intramolecular Hbond substituents is 3. The molecule has 0 amide bonds. The summed E-state index contributed by atoms with van der Waals surface area (Å²) in [5, 5.41) is 89.2. The molecule has 1 aromatic rings. The molecule has 0 bridgehead atoms. The maximum absolute atomic E-state index is 10.3. The highest BCUT2D eigenvalue weighted by Crippen LogP contribution is 2.43. The van der Waals surface area contributed by atoms with Crippen LogP contribution in [0.5, 0.6) is 17.2 Å². The highest BCUT2D eigenvalue weighted by Gasteiger charge is 2.45. The van der Waals surface area contributed by atoms with Gasteiger partial charge in [-0.05, 0) is 24.3 Å². The number of aliphatic hydroxyl groups is 6. The van der Waals surface area contributed by atoms with Crippen molar-refractivity contribution in [3.63, 3.8) is 0 Å². The van der Waals surface area contributed by atoms with Gasteiger partial charge in [-0.25, -0.2) is 0 Å². The van der Waals surface area contributed by atoms with E-state index in [1.807, 2.05) is 0 Å². The molecule has 3 aliphatic rings. The van der Waals surface area contributed by atoms with Gasteiger partial charge in [0.1, 0.15) is 42.0 Å². The third-order valence-electron chi connectivity index (χ3n) is 5.36. The molecule has 1 fully saturated rings. The summed E-state index contributed by atoms with van der Waals surface area (Å²) >= 11 is 0. The standard InChI is InChI=1S/C21H22O12/c22-6-15-17(28)18(29)19(30)21(33-15)32-14-5-9-10(24)3-8(23)4-13(9)31-20(14)7-1-11(25)16(27)12(26)2-7/h1-5,10,15,17-19,21-30H,6H2/t10?,15-,17-,18+,19-,21-/m1/s1. The number of fused-ring (bicyclic) bond motifs is 1. The second-order valence-corrected chi connectivity index (χ2v) is 7.62. The van der Waals surface area contributed by atoms with Crippen LogP contribution in [0.3, 0.4) is 0 Å². The Hall–Kier alpha value is -3.26. The first-order valence-electron chi connectivity index (χ1n) is 9.77. The van der Waals surface area contributed by atoms with Gasteiger partial charge in [-0.2, -0.15) is 0 Å². The lowest BCUT2D eigenvalue weighted by molar-refractivity contribution is -0.290. The summed E-state index contributed by atoms with van der Waals surface area (Å²) in [5.74, 6) is -2.84. The molecule has 12 nitrogen and oxygen atoms in total. The highest BCUT2D eigenvalue weighted by atomic mass is 16.7. The third kappa shape index (κ3) is 4.11. The number of rotatable bonds is 4. The largest absolute Gasteiger partial charge is 0.508 e. The molecule has 2 heterocycles. The summed E-state index contributed by atoms with van der Waals surface area (Å²) < 4.78 is 16.8. The van der Waals surface area contributed by atoms with Crippen LogP contribution < -0.4 is 0 Å². The molecule has 2 aliphatic heterocycles. The topological polar surface area (TPSA) is 210 Å². The molecule has 4 rings (SSSR count). The Morgan fingerprint density at radius 1 is 0.879 bits per heavy atom. The Morgan fingerprint density at radius 2 is 1.55 bits per heavy atom. The molecule has 1 aromatic carbocycles. The molecule has 0 aromatic heterocycles. The Morgan fingerprint density at radius 3 is 2.18 bits per heavy atom. The monoisotopic (exact) mass is 466 g/mol. The van der Waals surface area contributed by atoms with E-state index < -0.39 is 60.7 Å². The van der Waals surface area contributed by atoms with Crippen LogP contribution in [0.1, 0.15) is 5.56 Å². The van der Waals surface area contributed by atoms with Crippen LogP contribution >= 0.6 is 0 Å². The van der Waals surface area contributed by atoms with Crippen LogP contribution in [0.4, 0.5) is 0 Å². The summed E-state index contributed by atoms with van der Waals surface area (Å²) in [6.07, 6.45) is -5.67. The van der Waals surface area contributed by atoms with Gasteiger partial charge in [0.05, 0.1) is 6.61 Å². The number of aromatic hydroxyl groups is 3. The predicted molar refractivity (Wildman–Crippen MR) is 107 cm³/mol. The third-order valence-corrected chi connectivity index (χ3v) is 5.36. The lowest BCUT2D eigenvalue weighted by atomic mass is 9.97. The van der Waals surface area contributed by atoms with E-state index >= 15 is 0 Å². The number of ether oxygens (including phenoxy) is 3. The zero-order valence-corrected chi connectivity index (χ0v) is 16.8. The maximum Gasteiger partial charge on any atom is 0.229 e. The molecule has 178 valence electrons. The van der Waals surface area contributed by atoms with Gasteiger partial charge in [0.25, 0.3) is 0 Å². The van der Waals surface area contributed by atoms with Gasteiger partial charge in [0.2, 0.25) is 6.29 Å². The second-order valence-electron chi connectivity index (χ2n) is 7.62. The molecule has 0 saturated carbocycles. The normalized spacial score (nSPS) is 31.7. The molecular weight excluding hydrogens is 444 g/mol. The van der Waals surface area contributed by atoms with Crippen molar-refractivity contribution in [2.75, 3.05) is 6.61 Å². The molecule has 0 radical (unpaired) electrons. The van der Waals surface area contributed by atoms with E-state index in [-0.39, 0.29) is 34.2 Å². The molecule has 1 saturated heterocycles. The highest BCUT2D eigenvalue weighted by molar-refractivity contribution is 5.72. The van der Waals surface area contributed by atoms with Gasteiger partial charge in [0.15, 0.2) is 28.8 Å². The van der Waals surface area contributed by atoms with Crippen molar-refractivity contribution in [3.8, 4) is 17.2 Å². The van der Waals surface area contributed by atoms with Gasteiger partial charge in [-0.3, -0.25) is 0 Å². The Bertz CT molecular complexity index is 1050. The molecule has 0 spiro atoms. The number of hydrogen-bond acceptors (Lipinski definition) is 12. The van der Waals surface area contributed by atoms with Gasteiger partial charge in [-0.15, -0.1) is 0 Å². The molecule has 9 N–H and O–H groups in total. The van der Waals surface area contributed by atoms with E-state index in [4.69, 9.17) is 14.2 Å². The fourth-order valence-corrected chi connectivity index (χ4v) is 3.59. The quantitative estimate of drug-likeness (QED) is 0.243. The van der Waals surface area contributed by atoms with Crippen LogP contribution in [0, 0.1) is 0 Å². The lowest BCUT2D eigenvalue weighted by Crippen LogP contribution is -2.59. The summed E-state index contributed by atoms with van der Waals surface area (Å²) in [6.45, 7) is -0.691. The summed E-state index contributed by atoms with van der Waals surface area (Å²) in [4.78, 5) is 0. The Kier molecular flexibility index (Phi) is 5.97. The Balaban J connectivity index is 1.79. The van der Waals surface area contributed by atoms with Gasteiger partial charge in [0, 0.05) is 17.2 Å². The zero-order valence-electron chi connectivity index (χ0n) is 16.8. The first kappa shape index (κ1) is 22.9. The first-order valence-corrected chi connectivity index (χ1v) is 9.77. The van der Waals surface area contributed by atoms with Crippen molar-refractivity contribution in [2.45, 2.75) is 36.8 Å². The fraction of sp³-hybridized carbons (Fsp3) is 0.333. The van der Waals surface area contributed by atoms with Crippen LogP contribution in [-0.2, 0) is 14.2 Å². The molecule has 12 heteroatoms. The van der Waals surface area contributed by atoms with Crippen molar-refractivity contribution < 1.29 is 60.2 Å². The first-order chi connectivity index (χ1) is 15.6. The van der Waals surface area contributed by atoms with Crippen molar-refractivity contribution in [2.24, 2.45) is 0 Å². The number of allylic oxidation sites excluding steroid dienone is 2. The van der Waals surface area contributed by atoms with Crippen LogP contribution in [-0.4, -0.2) is 89.4 Å². The number of benzene rings is 1. The number of phenols is 3. The maximum atomic E-state index is 10.3. The fourth-order valence-electron chi connectivity index (χ4n) is 3.59. The van der Waals surface area contributed by atoms with E-state index in [2.05, 4.69) is 0 Å². The van der Waals surface area contributed by atoms with E-state index in [9.17, 15) is 46.0 Å². The number of aliphatic hydroxyl groups excluding tert-OH is 6. The van der Waals surface area contributed by atoms with E-state index in [1.54, 1.807) is 0 Å². The van der Waals surface area contributed by atoms with Gasteiger partial charge < -0.3 is 60.2 Å². The average Bonchev–Trinajstić information content (AvgIpc) is 2.77. The second kappa shape index (κ2) is 8.59. The van der Waals surface area contributed by atoms with Crippen molar-refractivity contribution in [3.05, 3.63) is 58.8 Å². The van der Waals surface area contributed by atoms with Gasteiger partial charge >= 0.3 is 0 Å². The van der Waals surface area contributed by atoms with E-state index in [1.165, 1.54) is 12.2 Å².